The zero-order valence-electron chi connectivity index (χ0n) is 10.2. The molecule has 0 aromatic rings. The maximum absolute atomic E-state index is 11.5. The summed E-state index contributed by atoms with van der Waals surface area (Å²) in [6.45, 7) is 2.80. The number of hydrogen-bond acceptors (Lipinski definition) is 4. The average molecular weight is 242 g/mol. The summed E-state index contributed by atoms with van der Waals surface area (Å²) in [6, 6.07) is 0. The van der Waals surface area contributed by atoms with Gasteiger partial charge in [-0.25, -0.2) is 0 Å². The van der Waals surface area contributed by atoms with E-state index in [1.54, 1.807) is 0 Å². The molecule has 5 nitrogen and oxygen atoms in total. The Kier molecular flexibility index (Phi) is 4.76. The number of carbonyl (C=O) groups is 1. The molecule has 5 heteroatoms. The fraction of sp³-hybridized carbons (Fsp3) is 0.917. The van der Waals surface area contributed by atoms with E-state index in [2.05, 4.69) is 10.6 Å². The second-order valence-electron chi connectivity index (χ2n) is 5.06. The number of ether oxygens (including phenoxy) is 1. The van der Waals surface area contributed by atoms with E-state index in [1.807, 2.05) is 0 Å². The molecule has 1 aliphatic heterocycles. The summed E-state index contributed by atoms with van der Waals surface area (Å²) in [7, 11) is 0. The number of nitrogens with one attached hydrogen (secondary N) is 2. The van der Waals surface area contributed by atoms with E-state index in [9.17, 15) is 4.79 Å². The van der Waals surface area contributed by atoms with Crippen LogP contribution in [0.3, 0.4) is 0 Å². The Hall–Kier alpha value is -0.650. The van der Waals surface area contributed by atoms with Gasteiger partial charge in [-0.3, -0.25) is 4.79 Å². The minimum absolute atomic E-state index is 0.0371. The van der Waals surface area contributed by atoms with Crippen molar-refractivity contribution in [3.05, 3.63) is 0 Å². The molecule has 1 amide bonds. The molecule has 2 fully saturated rings. The van der Waals surface area contributed by atoms with Crippen LogP contribution in [-0.4, -0.2) is 49.5 Å². The molecule has 0 spiro atoms. The molecule has 1 saturated heterocycles. The summed E-state index contributed by atoms with van der Waals surface area (Å²) >= 11 is 0. The lowest BCUT2D eigenvalue weighted by Gasteiger charge is -2.31. The fourth-order valence-electron chi connectivity index (χ4n) is 2.33. The van der Waals surface area contributed by atoms with Crippen LogP contribution < -0.4 is 10.6 Å². The van der Waals surface area contributed by atoms with Gasteiger partial charge in [-0.1, -0.05) is 0 Å². The molecule has 1 saturated carbocycles. The number of carbonyl (C=O) groups excluding carboxylic acids is 1. The van der Waals surface area contributed by atoms with Gasteiger partial charge >= 0.3 is 0 Å². The van der Waals surface area contributed by atoms with Crippen molar-refractivity contribution in [1.82, 2.24) is 10.6 Å². The highest BCUT2D eigenvalue weighted by Gasteiger charge is 2.27. The topological polar surface area (TPSA) is 70.6 Å². The molecule has 0 radical (unpaired) electrons. The van der Waals surface area contributed by atoms with Crippen molar-refractivity contribution < 1.29 is 14.6 Å². The lowest BCUT2D eigenvalue weighted by Crippen LogP contribution is -2.40. The van der Waals surface area contributed by atoms with Gasteiger partial charge in [-0.05, 0) is 44.7 Å². The summed E-state index contributed by atoms with van der Waals surface area (Å²) in [4.78, 5) is 11.5. The SMILES string of the molecule is O=C(COC1CCNCC1)NCC1CC(O)C1. The van der Waals surface area contributed by atoms with Crippen molar-refractivity contribution in [2.45, 2.75) is 37.9 Å². The average Bonchev–Trinajstić information content (AvgIpc) is 2.32. The van der Waals surface area contributed by atoms with Gasteiger partial charge in [-0.2, -0.15) is 0 Å². The molecule has 17 heavy (non-hydrogen) atoms. The zero-order chi connectivity index (χ0) is 12.1. The number of piperidine rings is 1. The normalized spacial score (nSPS) is 29.7. The highest BCUT2D eigenvalue weighted by atomic mass is 16.5. The monoisotopic (exact) mass is 242 g/mol. The molecular formula is C12H22N2O3. The smallest absolute Gasteiger partial charge is 0.246 e. The Morgan fingerprint density at radius 1 is 1.35 bits per heavy atom. The molecule has 98 valence electrons. The van der Waals surface area contributed by atoms with Crippen LogP contribution in [0.1, 0.15) is 25.7 Å². The Balaban J connectivity index is 1.51. The highest BCUT2D eigenvalue weighted by Crippen LogP contribution is 2.25. The van der Waals surface area contributed by atoms with Crippen LogP contribution in [0.15, 0.2) is 0 Å². The van der Waals surface area contributed by atoms with E-state index in [0.717, 1.165) is 38.8 Å². The maximum Gasteiger partial charge on any atom is 0.246 e. The summed E-state index contributed by atoms with van der Waals surface area (Å²) < 4.78 is 5.55. The zero-order valence-corrected chi connectivity index (χ0v) is 10.2. The molecule has 2 rings (SSSR count). The molecule has 1 heterocycles. The quantitative estimate of drug-likeness (QED) is 0.616. The maximum atomic E-state index is 11.5. The van der Waals surface area contributed by atoms with Gasteiger partial charge in [-0.15, -0.1) is 0 Å². The first-order valence-electron chi connectivity index (χ1n) is 6.51. The predicted octanol–water partition coefficient (Wildman–Crippen LogP) is -0.358. The number of amides is 1. The first kappa shape index (κ1) is 12.8. The van der Waals surface area contributed by atoms with Crippen LogP contribution in [0.2, 0.25) is 0 Å². The second-order valence-corrected chi connectivity index (χ2v) is 5.06. The number of aliphatic hydroxyl groups excluding tert-OH is 1. The van der Waals surface area contributed by atoms with Crippen molar-refractivity contribution in [2.75, 3.05) is 26.2 Å². The second kappa shape index (κ2) is 6.33. The summed E-state index contributed by atoms with van der Waals surface area (Å²) in [5.41, 5.74) is 0. The molecule has 0 aromatic carbocycles. The highest BCUT2D eigenvalue weighted by molar-refractivity contribution is 5.77. The van der Waals surface area contributed by atoms with E-state index in [0.29, 0.717) is 12.5 Å². The van der Waals surface area contributed by atoms with Crippen molar-refractivity contribution in [3.63, 3.8) is 0 Å². The molecule has 0 atom stereocenters. The van der Waals surface area contributed by atoms with Gasteiger partial charge in [0.05, 0.1) is 12.2 Å². The van der Waals surface area contributed by atoms with Crippen molar-refractivity contribution >= 4 is 5.91 Å². The van der Waals surface area contributed by atoms with Gasteiger partial charge in [0.1, 0.15) is 6.61 Å². The lowest BCUT2D eigenvalue weighted by molar-refractivity contribution is -0.128. The molecule has 3 N–H and O–H groups in total. The van der Waals surface area contributed by atoms with Crippen molar-refractivity contribution in [3.8, 4) is 0 Å². The van der Waals surface area contributed by atoms with Gasteiger partial charge in [0, 0.05) is 6.54 Å². The van der Waals surface area contributed by atoms with Crippen molar-refractivity contribution in [1.29, 1.82) is 0 Å². The minimum Gasteiger partial charge on any atom is -0.393 e. The van der Waals surface area contributed by atoms with Crippen LogP contribution in [0.25, 0.3) is 0 Å². The molecule has 0 unspecified atom stereocenters. The minimum atomic E-state index is -0.150. The first-order valence-corrected chi connectivity index (χ1v) is 6.51. The van der Waals surface area contributed by atoms with E-state index >= 15 is 0 Å². The summed E-state index contributed by atoms with van der Waals surface area (Å²) in [5.74, 6) is 0.415. The molecule has 2 aliphatic rings. The Labute approximate surface area is 102 Å². The van der Waals surface area contributed by atoms with Gasteiger partial charge in [0.25, 0.3) is 0 Å². The van der Waals surface area contributed by atoms with Crippen LogP contribution in [-0.2, 0) is 9.53 Å². The molecule has 0 bridgehead atoms. The van der Waals surface area contributed by atoms with E-state index in [-0.39, 0.29) is 24.7 Å². The van der Waals surface area contributed by atoms with Gasteiger partial charge < -0.3 is 20.5 Å². The number of rotatable bonds is 5. The van der Waals surface area contributed by atoms with Gasteiger partial charge in [0.2, 0.25) is 5.91 Å². The standard InChI is InChI=1S/C12H22N2O3/c15-10-5-9(6-10)7-14-12(16)8-17-11-1-3-13-4-2-11/h9-11,13,15H,1-8H2,(H,14,16). The van der Waals surface area contributed by atoms with Crippen LogP contribution >= 0.6 is 0 Å². The van der Waals surface area contributed by atoms with Gasteiger partial charge in [0.15, 0.2) is 0 Å². The van der Waals surface area contributed by atoms with Crippen LogP contribution in [0.4, 0.5) is 0 Å². The number of hydrogen-bond donors (Lipinski definition) is 3. The molecular weight excluding hydrogens is 220 g/mol. The Morgan fingerprint density at radius 3 is 2.71 bits per heavy atom. The third kappa shape index (κ3) is 4.26. The molecule has 1 aliphatic carbocycles. The summed E-state index contributed by atoms with van der Waals surface area (Å²) in [6.07, 6.45) is 3.69. The third-order valence-electron chi connectivity index (χ3n) is 3.54. The van der Waals surface area contributed by atoms with E-state index < -0.39 is 0 Å². The lowest BCUT2D eigenvalue weighted by atomic mass is 9.82. The van der Waals surface area contributed by atoms with E-state index in [4.69, 9.17) is 9.84 Å². The van der Waals surface area contributed by atoms with Crippen molar-refractivity contribution in [2.24, 2.45) is 5.92 Å². The summed E-state index contributed by atoms with van der Waals surface area (Å²) in [5, 5.41) is 15.2. The predicted molar refractivity (Wildman–Crippen MR) is 63.6 cm³/mol. The Morgan fingerprint density at radius 2 is 2.06 bits per heavy atom. The van der Waals surface area contributed by atoms with E-state index in [1.165, 1.54) is 0 Å². The largest absolute Gasteiger partial charge is 0.393 e. The third-order valence-corrected chi connectivity index (χ3v) is 3.54. The van der Waals surface area contributed by atoms with Crippen LogP contribution in [0, 0.1) is 5.92 Å². The number of aliphatic hydroxyl groups is 1. The molecule has 0 aromatic heterocycles. The fourth-order valence-corrected chi connectivity index (χ4v) is 2.33. The van der Waals surface area contributed by atoms with Crippen LogP contribution in [0.5, 0.6) is 0 Å². The first-order chi connectivity index (χ1) is 8.24. The Bertz CT molecular complexity index is 248.